The first-order chi connectivity index (χ1) is 9.65. The average Bonchev–Trinajstić information content (AvgIpc) is 3.12. The van der Waals surface area contributed by atoms with E-state index < -0.39 is 6.10 Å². The Kier molecular flexibility index (Phi) is 3.74. The molecular weight excluding hydrogens is 288 g/mol. The Morgan fingerprint density at radius 2 is 2.25 bits per heavy atom. The highest BCUT2D eigenvalue weighted by atomic mass is 32.1. The monoisotopic (exact) mass is 304 g/mol. The van der Waals surface area contributed by atoms with Crippen LogP contribution in [0.3, 0.4) is 0 Å². The van der Waals surface area contributed by atoms with Gasteiger partial charge in [-0.05, 0) is 36.9 Å². The molecule has 0 saturated heterocycles. The Balaban J connectivity index is 1.89. The smallest absolute Gasteiger partial charge is 0.146 e. The maximum absolute atomic E-state index is 10.4. The Hall–Kier alpha value is -1.43. The van der Waals surface area contributed by atoms with Crippen LogP contribution in [-0.4, -0.2) is 14.7 Å². The molecule has 0 saturated carbocycles. The van der Waals surface area contributed by atoms with E-state index in [0.29, 0.717) is 5.82 Å². The molecule has 5 heteroatoms. The molecule has 104 valence electrons. The van der Waals surface area contributed by atoms with Crippen molar-refractivity contribution in [2.75, 3.05) is 0 Å². The second kappa shape index (κ2) is 5.52. The summed E-state index contributed by atoms with van der Waals surface area (Å²) in [6, 6.07) is 6.10. The van der Waals surface area contributed by atoms with Crippen molar-refractivity contribution in [1.29, 1.82) is 0 Å². The molecule has 3 rings (SSSR count). The summed E-state index contributed by atoms with van der Waals surface area (Å²) in [4.78, 5) is 7.90. The van der Waals surface area contributed by atoms with Gasteiger partial charge in [0.2, 0.25) is 0 Å². The average molecular weight is 304 g/mol. The summed E-state index contributed by atoms with van der Waals surface area (Å²) >= 11 is 3.36. The fourth-order valence-corrected chi connectivity index (χ4v) is 3.94. The highest BCUT2D eigenvalue weighted by Crippen LogP contribution is 2.26. The summed E-state index contributed by atoms with van der Waals surface area (Å²) in [7, 11) is 0. The van der Waals surface area contributed by atoms with Crippen molar-refractivity contribution >= 4 is 22.7 Å². The summed E-state index contributed by atoms with van der Waals surface area (Å²) < 4.78 is 2.03. The van der Waals surface area contributed by atoms with Gasteiger partial charge in [-0.2, -0.15) is 0 Å². The van der Waals surface area contributed by atoms with Crippen LogP contribution in [0.1, 0.15) is 32.1 Å². The van der Waals surface area contributed by atoms with Gasteiger partial charge in [-0.3, -0.25) is 0 Å². The Bertz CT molecular complexity index is 697. The van der Waals surface area contributed by atoms with E-state index in [9.17, 15) is 5.11 Å². The van der Waals surface area contributed by atoms with E-state index in [-0.39, 0.29) is 0 Å². The summed E-state index contributed by atoms with van der Waals surface area (Å²) in [5.41, 5.74) is 1.30. The summed E-state index contributed by atoms with van der Waals surface area (Å²) in [5.74, 6) is 0.704. The zero-order valence-electron chi connectivity index (χ0n) is 11.4. The number of aliphatic hydroxyl groups excluding tert-OH is 1. The molecule has 1 N–H and O–H groups in total. The second-order valence-corrected chi connectivity index (χ2v) is 7.21. The van der Waals surface area contributed by atoms with Gasteiger partial charge in [-0.15, -0.1) is 22.7 Å². The molecule has 3 aromatic rings. The molecular formula is C15H16N2OS2. The van der Waals surface area contributed by atoms with Gasteiger partial charge in [0.05, 0.1) is 0 Å². The Morgan fingerprint density at radius 1 is 1.40 bits per heavy atom. The predicted octanol–water partition coefficient (Wildman–Crippen LogP) is 3.75. The number of thiophene rings is 2. The third-order valence-corrected chi connectivity index (χ3v) is 5.22. The number of imidazole rings is 1. The standard InChI is InChI=1S/C15H16N2OS2/c1-10-8-12(11(2)20-10)9-17-6-5-16-15(17)14(18)13-4-3-7-19-13/h3-8,14,18H,9H2,1-2H3/t14-/m0/s1. The Labute approximate surface area is 126 Å². The lowest BCUT2D eigenvalue weighted by Gasteiger charge is -2.12. The highest BCUT2D eigenvalue weighted by molar-refractivity contribution is 7.12. The first kappa shape index (κ1) is 13.5. The lowest BCUT2D eigenvalue weighted by Crippen LogP contribution is -2.09. The van der Waals surface area contributed by atoms with Crippen LogP contribution in [0.25, 0.3) is 0 Å². The maximum Gasteiger partial charge on any atom is 0.146 e. The fraction of sp³-hybridized carbons (Fsp3) is 0.267. The molecule has 0 amide bonds. The van der Waals surface area contributed by atoms with E-state index in [1.165, 1.54) is 15.3 Å². The minimum Gasteiger partial charge on any atom is -0.380 e. The largest absolute Gasteiger partial charge is 0.380 e. The third kappa shape index (κ3) is 2.57. The molecule has 0 unspecified atom stereocenters. The van der Waals surface area contributed by atoms with Crippen LogP contribution in [-0.2, 0) is 6.54 Å². The topological polar surface area (TPSA) is 38.0 Å². The number of aromatic nitrogens is 2. The summed E-state index contributed by atoms with van der Waals surface area (Å²) in [6.07, 6.45) is 3.03. The van der Waals surface area contributed by atoms with E-state index in [1.807, 2.05) is 39.6 Å². The van der Waals surface area contributed by atoms with E-state index in [1.54, 1.807) is 17.5 Å². The molecule has 0 fully saturated rings. The number of aliphatic hydroxyl groups is 1. The Morgan fingerprint density at radius 3 is 2.90 bits per heavy atom. The van der Waals surface area contributed by atoms with E-state index in [4.69, 9.17) is 0 Å². The van der Waals surface area contributed by atoms with E-state index in [0.717, 1.165) is 11.4 Å². The van der Waals surface area contributed by atoms with Gasteiger partial charge in [-0.25, -0.2) is 4.98 Å². The maximum atomic E-state index is 10.4. The van der Waals surface area contributed by atoms with Crippen LogP contribution in [0.5, 0.6) is 0 Å². The van der Waals surface area contributed by atoms with Gasteiger partial charge in [0.15, 0.2) is 0 Å². The number of rotatable bonds is 4. The molecule has 3 nitrogen and oxygen atoms in total. The van der Waals surface area contributed by atoms with Gasteiger partial charge in [0, 0.05) is 33.6 Å². The van der Waals surface area contributed by atoms with Crippen molar-refractivity contribution in [3.8, 4) is 0 Å². The minimum atomic E-state index is -0.648. The third-order valence-electron chi connectivity index (χ3n) is 3.29. The SMILES string of the molecule is Cc1cc(Cn2ccnc2[C@@H](O)c2cccs2)c(C)s1. The molecule has 0 aliphatic carbocycles. The highest BCUT2D eigenvalue weighted by Gasteiger charge is 2.17. The number of aryl methyl sites for hydroxylation is 2. The zero-order chi connectivity index (χ0) is 14.1. The van der Waals surface area contributed by atoms with Gasteiger partial charge in [-0.1, -0.05) is 6.07 Å². The molecule has 1 atom stereocenters. The van der Waals surface area contributed by atoms with Crippen LogP contribution in [0.15, 0.2) is 36.0 Å². The minimum absolute atomic E-state index is 0.648. The molecule has 0 aliphatic heterocycles. The van der Waals surface area contributed by atoms with Crippen LogP contribution < -0.4 is 0 Å². The molecule has 0 bridgehead atoms. The van der Waals surface area contributed by atoms with Gasteiger partial charge < -0.3 is 9.67 Å². The van der Waals surface area contributed by atoms with Gasteiger partial charge >= 0.3 is 0 Å². The number of hydrogen-bond donors (Lipinski definition) is 1. The number of hydrogen-bond acceptors (Lipinski definition) is 4. The van der Waals surface area contributed by atoms with Crippen LogP contribution in [0, 0.1) is 13.8 Å². The van der Waals surface area contributed by atoms with Crippen LogP contribution >= 0.6 is 22.7 Å². The van der Waals surface area contributed by atoms with Crippen molar-refractivity contribution < 1.29 is 5.11 Å². The van der Waals surface area contributed by atoms with Gasteiger partial charge in [0.25, 0.3) is 0 Å². The first-order valence-electron chi connectivity index (χ1n) is 6.43. The van der Waals surface area contributed by atoms with Crippen molar-refractivity contribution in [2.24, 2.45) is 0 Å². The van der Waals surface area contributed by atoms with Crippen LogP contribution in [0.2, 0.25) is 0 Å². The lowest BCUT2D eigenvalue weighted by atomic mass is 10.2. The molecule has 3 heterocycles. The molecule has 20 heavy (non-hydrogen) atoms. The normalized spacial score (nSPS) is 12.8. The van der Waals surface area contributed by atoms with E-state index >= 15 is 0 Å². The molecule has 0 spiro atoms. The molecule has 3 aromatic heterocycles. The van der Waals surface area contributed by atoms with Crippen molar-refractivity contribution in [1.82, 2.24) is 9.55 Å². The second-order valence-electron chi connectivity index (χ2n) is 4.77. The summed E-state index contributed by atoms with van der Waals surface area (Å²) in [6.45, 7) is 5.02. The molecule has 0 aliphatic rings. The van der Waals surface area contributed by atoms with Crippen molar-refractivity contribution in [3.05, 3.63) is 62.0 Å². The number of nitrogens with zero attached hydrogens (tertiary/aromatic N) is 2. The lowest BCUT2D eigenvalue weighted by molar-refractivity contribution is 0.209. The summed E-state index contributed by atoms with van der Waals surface area (Å²) in [5, 5.41) is 12.4. The van der Waals surface area contributed by atoms with Gasteiger partial charge in [0.1, 0.15) is 11.9 Å². The quantitative estimate of drug-likeness (QED) is 0.797. The fourth-order valence-electron chi connectivity index (χ4n) is 2.30. The molecule has 0 aromatic carbocycles. The first-order valence-corrected chi connectivity index (χ1v) is 8.13. The zero-order valence-corrected chi connectivity index (χ0v) is 13.0. The van der Waals surface area contributed by atoms with Crippen LogP contribution in [0.4, 0.5) is 0 Å². The van der Waals surface area contributed by atoms with E-state index in [2.05, 4.69) is 24.9 Å². The van der Waals surface area contributed by atoms with Crippen molar-refractivity contribution in [3.63, 3.8) is 0 Å². The molecule has 0 radical (unpaired) electrons. The van der Waals surface area contributed by atoms with Crippen molar-refractivity contribution in [2.45, 2.75) is 26.5 Å². The predicted molar refractivity (Wildman–Crippen MR) is 83.5 cm³/mol.